The lowest BCUT2D eigenvalue weighted by Gasteiger charge is -2.28. The fourth-order valence-electron chi connectivity index (χ4n) is 3.20. The minimum Gasteiger partial charge on any atom is -0.481 e. The van der Waals surface area contributed by atoms with Gasteiger partial charge in [-0.1, -0.05) is 19.3 Å². The average molecular weight is 466 g/mol. The highest BCUT2D eigenvalue weighted by molar-refractivity contribution is 8.14. The van der Waals surface area contributed by atoms with E-state index >= 15 is 0 Å². The second kappa shape index (κ2) is 11.5. The van der Waals surface area contributed by atoms with Gasteiger partial charge in [-0.15, -0.1) is 18.2 Å². The number of nitrogens with zero attached hydrogens (tertiary/aromatic N) is 1. The third-order valence-corrected chi connectivity index (χ3v) is 5.98. The van der Waals surface area contributed by atoms with Crippen molar-refractivity contribution in [2.45, 2.75) is 58.0 Å². The number of terminal acetylenes is 1. The predicted octanol–water partition coefficient (Wildman–Crippen LogP) is 2.20. The average Bonchev–Trinajstić information content (AvgIpc) is 3.16. The number of carbonyl (C=O) groups excluding carboxylic acids is 1. The van der Waals surface area contributed by atoms with E-state index in [4.69, 9.17) is 30.8 Å². The zero-order valence-corrected chi connectivity index (χ0v) is 19.8. The van der Waals surface area contributed by atoms with E-state index in [0.29, 0.717) is 24.7 Å². The van der Waals surface area contributed by atoms with Gasteiger partial charge in [0.2, 0.25) is 5.79 Å². The van der Waals surface area contributed by atoms with Gasteiger partial charge in [-0.2, -0.15) is 0 Å². The summed E-state index contributed by atoms with van der Waals surface area (Å²) in [5.74, 6) is 1.52. The molecule has 176 valence electrons. The molecule has 0 fully saturated rings. The van der Waals surface area contributed by atoms with Crippen molar-refractivity contribution in [3.8, 4) is 18.1 Å². The van der Waals surface area contributed by atoms with E-state index in [2.05, 4.69) is 16.2 Å². The van der Waals surface area contributed by atoms with Crippen LogP contribution in [-0.2, 0) is 14.3 Å². The lowest BCUT2D eigenvalue weighted by molar-refractivity contribution is -0.169. The van der Waals surface area contributed by atoms with Crippen molar-refractivity contribution in [2.24, 2.45) is 10.7 Å². The van der Waals surface area contributed by atoms with E-state index in [1.54, 1.807) is 13.0 Å². The fraction of sp³-hybridized carbons (Fsp3) is 0.591. The van der Waals surface area contributed by atoms with Crippen molar-refractivity contribution < 1.29 is 23.4 Å². The van der Waals surface area contributed by atoms with Gasteiger partial charge in [0, 0.05) is 25.0 Å². The van der Waals surface area contributed by atoms with Crippen LogP contribution in [0.15, 0.2) is 26.3 Å². The molecule has 0 saturated carbocycles. The molecule has 2 heterocycles. The van der Waals surface area contributed by atoms with Gasteiger partial charge in [0.25, 0.3) is 5.91 Å². The van der Waals surface area contributed by atoms with Gasteiger partial charge < -0.3 is 23.9 Å². The Morgan fingerprint density at radius 2 is 2.09 bits per heavy atom. The van der Waals surface area contributed by atoms with E-state index in [9.17, 15) is 9.59 Å². The van der Waals surface area contributed by atoms with Gasteiger partial charge in [0.05, 0.1) is 12.1 Å². The summed E-state index contributed by atoms with van der Waals surface area (Å²) >= 11 is 1.32. The molecular weight excluding hydrogens is 434 g/mol. The standard InChI is InChI=1S/C22H31N3O6S/c1-6-10-16(17-12-15(28-11-7-2)13-18(26)31-17)24-19(27)22(23)14-32-20(25-22)21(5,29-8-3)30-9-4/h2,12-13,16H,6,8-11,14,23H2,1,3-5H3,(H,24,27)/t16-,22+/m1/s1. The molecule has 2 atom stereocenters. The highest BCUT2D eigenvalue weighted by atomic mass is 32.2. The Labute approximate surface area is 192 Å². The molecule has 9 nitrogen and oxygen atoms in total. The molecule has 1 aliphatic rings. The molecule has 1 aromatic rings. The Hall–Kier alpha value is -2.32. The lowest BCUT2D eigenvalue weighted by Crippen LogP contribution is -2.54. The number of amides is 1. The summed E-state index contributed by atoms with van der Waals surface area (Å²) in [6.07, 6.45) is 6.45. The van der Waals surface area contributed by atoms with Gasteiger partial charge in [-0.05, 0) is 27.2 Å². The highest BCUT2D eigenvalue weighted by Gasteiger charge is 2.46. The van der Waals surface area contributed by atoms with Crippen LogP contribution in [0.1, 0.15) is 52.3 Å². The summed E-state index contributed by atoms with van der Waals surface area (Å²) in [7, 11) is 0. The van der Waals surface area contributed by atoms with Crippen LogP contribution < -0.4 is 21.4 Å². The summed E-state index contributed by atoms with van der Waals surface area (Å²) in [5, 5.41) is 3.37. The minimum absolute atomic E-state index is 0.00670. The van der Waals surface area contributed by atoms with E-state index in [-0.39, 0.29) is 23.9 Å². The number of carbonyl (C=O) groups is 1. The molecule has 0 radical (unpaired) electrons. The molecule has 0 unspecified atom stereocenters. The van der Waals surface area contributed by atoms with Crippen LogP contribution >= 0.6 is 11.8 Å². The summed E-state index contributed by atoms with van der Waals surface area (Å²) < 4.78 is 22.1. The molecule has 0 aliphatic carbocycles. The number of hydrogen-bond acceptors (Lipinski definition) is 9. The third kappa shape index (κ3) is 6.36. The smallest absolute Gasteiger partial charge is 0.339 e. The number of ether oxygens (including phenoxy) is 3. The van der Waals surface area contributed by atoms with Gasteiger partial charge in [0.15, 0.2) is 5.66 Å². The Kier molecular flexibility index (Phi) is 9.33. The van der Waals surface area contributed by atoms with Gasteiger partial charge in [0.1, 0.15) is 23.2 Å². The SMILES string of the molecule is C#CCOc1cc([C@@H](CCC)NC(=O)[C@]2(N)CSC(C(C)(OCC)OCC)=N2)oc(=O)c1. The number of nitrogens with one attached hydrogen (secondary N) is 1. The van der Waals surface area contributed by atoms with E-state index in [1.165, 1.54) is 17.8 Å². The fourth-order valence-corrected chi connectivity index (χ4v) is 4.36. The molecule has 0 bridgehead atoms. The monoisotopic (exact) mass is 465 g/mol. The second-order valence-corrected chi connectivity index (χ2v) is 8.23. The molecule has 0 aromatic carbocycles. The summed E-state index contributed by atoms with van der Waals surface area (Å²) in [6, 6.07) is 2.15. The zero-order chi connectivity index (χ0) is 23.8. The molecule has 1 aromatic heterocycles. The number of thioether (sulfide) groups is 1. The summed E-state index contributed by atoms with van der Waals surface area (Å²) in [4.78, 5) is 29.6. The minimum atomic E-state index is -1.51. The Morgan fingerprint density at radius 3 is 2.69 bits per heavy atom. The number of aliphatic imine (C=N–C) groups is 1. The Balaban J connectivity index is 2.26. The van der Waals surface area contributed by atoms with Crippen LogP contribution in [-0.4, -0.2) is 48.0 Å². The maximum absolute atomic E-state index is 13.1. The van der Waals surface area contributed by atoms with Gasteiger partial charge in [-0.25, -0.2) is 9.79 Å². The van der Waals surface area contributed by atoms with E-state index in [1.807, 2.05) is 20.8 Å². The van der Waals surface area contributed by atoms with Crippen LogP contribution in [0.5, 0.6) is 5.75 Å². The Bertz CT molecular complexity index is 919. The van der Waals surface area contributed by atoms with Crippen molar-refractivity contribution in [2.75, 3.05) is 25.6 Å². The topological polar surface area (TPSA) is 125 Å². The van der Waals surface area contributed by atoms with Crippen molar-refractivity contribution in [1.82, 2.24) is 5.32 Å². The Morgan fingerprint density at radius 1 is 1.41 bits per heavy atom. The van der Waals surface area contributed by atoms with Crippen LogP contribution in [0.25, 0.3) is 0 Å². The molecular formula is C22H31N3O6S. The first-order chi connectivity index (χ1) is 15.2. The normalized spacial score (nSPS) is 19.2. The summed E-state index contributed by atoms with van der Waals surface area (Å²) in [5.41, 5.74) is 4.24. The van der Waals surface area contributed by atoms with Crippen LogP contribution in [0, 0.1) is 12.3 Å². The molecule has 10 heteroatoms. The first kappa shape index (κ1) is 25.9. The van der Waals surface area contributed by atoms with Crippen LogP contribution in [0.3, 0.4) is 0 Å². The first-order valence-corrected chi connectivity index (χ1v) is 11.5. The molecule has 0 spiro atoms. The van der Waals surface area contributed by atoms with E-state index < -0.39 is 29.0 Å². The molecule has 3 N–H and O–H groups in total. The predicted molar refractivity (Wildman–Crippen MR) is 124 cm³/mol. The zero-order valence-electron chi connectivity index (χ0n) is 18.9. The van der Waals surface area contributed by atoms with Crippen LogP contribution in [0.4, 0.5) is 0 Å². The van der Waals surface area contributed by atoms with Crippen molar-refractivity contribution in [1.29, 1.82) is 0 Å². The first-order valence-electron chi connectivity index (χ1n) is 10.5. The molecule has 0 saturated heterocycles. The highest BCUT2D eigenvalue weighted by Crippen LogP contribution is 2.33. The van der Waals surface area contributed by atoms with E-state index in [0.717, 1.165) is 6.42 Å². The van der Waals surface area contributed by atoms with Gasteiger partial charge in [-0.3, -0.25) is 10.5 Å². The second-order valence-electron chi connectivity index (χ2n) is 7.26. The number of nitrogens with two attached hydrogens (primary N) is 1. The number of rotatable bonds is 12. The van der Waals surface area contributed by atoms with Crippen LogP contribution in [0.2, 0.25) is 0 Å². The largest absolute Gasteiger partial charge is 0.481 e. The summed E-state index contributed by atoms with van der Waals surface area (Å²) in [6.45, 7) is 8.24. The molecule has 1 aliphatic heterocycles. The quantitative estimate of drug-likeness (QED) is 0.355. The lowest BCUT2D eigenvalue weighted by atomic mass is 10.1. The molecule has 32 heavy (non-hydrogen) atoms. The van der Waals surface area contributed by atoms with Crippen molar-refractivity contribution in [3.05, 3.63) is 28.3 Å². The van der Waals surface area contributed by atoms with Crippen molar-refractivity contribution in [3.63, 3.8) is 0 Å². The van der Waals surface area contributed by atoms with Crippen molar-refractivity contribution >= 4 is 22.7 Å². The van der Waals surface area contributed by atoms with Gasteiger partial charge >= 0.3 is 5.63 Å². The third-order valence-electron chi connectivity index (χ3n) is 4.66. The maximum Gasteiger partial charge on any atom is 0.339 e. The maximum atomic E-state index is 13.1. The molecule has 2 rings (SSSR count). The number of hydrogen-bond donors (Lipinski definition) is 2. The molecule has 1 amide bonds.